The number of anilines is 1. The normalized spacial score (nSPS) is 11.5. The molecule has 0 bridgehead atoms. The average Bonchev–Trinajstić information content (AvgIpc) is 2.57. The molecule has 5 heteroatoms. The molecule has 2 rings (SSSR count). The first-order chi connectivity index (χ1) is 11.5. The molecule has 2 aromatic rings. The lowest BCUT2D eigenvalue weighted by Gasteiger charge is -2.14. The van der Waals surface area contributed by atoms with Crippen LogP contribution in [-0.4, -0.2) is 25.1 Å². The molecular weight excluding hydrogens is 306 g/mol. The first-order valence-electron chi connectivity index (χ1n) is 7.68. The Bertz CT molecular complexity index is 692. The van der Waals surface area contributed by atoms with Gasteiger partial charge in [0.25, 0.3) is 5.91 Å². The molecule has 0 saturated heterocycles. The van der Waals surface area contributed by atoms with Crippen LogP contribution in [0, 0.1) is 6.92 Å². The maximum absolute atomic E-state index is 12.1. The highest BCUT2D eigenvalue weighted by molar-refractivity contribution is 5.95. The molecule has 126 valence electrons. The number of carbonyl (C=O) groups excluding carboxylic acids is 2. The standard InChI is InChI=1S/C19H21NO4/c1-13-4-6-15(7-5-13)12-18(21)24-14(2)19(22)20-16-8-10-17(23-3)11-9-16/h4-11,14H,12H2,1-3H3,(H,20,22)/t14-/m0/s1. The molecule has 0 aliphatic carbocycles. The van der Waals surface area contributed by atoms with Gasteiger partial charge in [0.2, 0.25) is 0 Å². The fourth-order valence-electron chi connectivity index (χ4n) is 2.08. The Morgan fingerprint density at radius 1 is 1.04 bits per heavy atom. The van der Waals surface area contributed by atoms with Crippen LogP contribution in [-0.2, 0) is 20.7 Å². The number of methoxy groups -OCH3 is 1. The first-order valence-corrected chi connectivity index (χ1v) is 7.68. The van der Waals surface area contributed by atoms with Crippen LogP contribution >= 0.6 is 0 Å². The van der Waals surface area contributed by atoms with Gasteiger partial charge in [0.15, 0.2) is 6.10 Å². The van der Waals surface area contributed by atoms with Gasteiger partial charge in [-0.2, -0.15) is 0 Å². The summed E-state index contributed by atoms with van der Waals surface area (Å²) in [4.78, 5) is 24.0. The summed E-state index contributed by atoms with van der Waals surface area (Å²) in [5, 5.41) is 2.70. The summed E-state index contributed by atoms with van der Waals surface area (Å²) in [6.07, 6.45) is -0.731. The van der Waals surface area contributed by atoms with Crippen molar-refractivity contribution in [2.45, 2.75) is 26.4 Å². The summed E-state index contributed by atoms with van der Waals surface area (Å²) < 4.78 is 10.2. The van der Waals surface area contributed by atoms with Gasteiger partial charge in [-0.25, -0.2) is 0 Å². The van der Waals surface area contributed by atoms with Gasteiger partial charge in [-0.1, -0.05) is 29.8 Å². The van der Waals surface area contributed by atoms with E-state index in [1.165, 1.54) is 0 Å². The van der Waals surface area contributed by atoms with E-state index in [9.17, 15) is 9.59 Å². The highest BCUT2D eigenvalue weighted by Crippen LogP contribution is 2.15. The maximum atomic E-state index is 12.1. The Labute approximate surface area is 141 Å². The number of carbonyl (C=O) groups is 2. The summed E-state index contributed by atoms with van der Waals surface area (Å²) >= 11 is 0. The lowest BCUT2D eigenvalue weighted by molar-refractivity contribution is -0.152. The predicted octanol–water partition coefficient (Wildman–Crippen LogP) is 3.12. The van der Waals surface area contributed by atoms with Crippen molar-refractivity contribution in [3.05, 3.63) is 59.7 Å². The molecule has 0 heterocycles. The third kappa shape index (κ3) is 5.12. The molecule has 0 fully saturated rings. The number of hydrogen-bond acceptors (Lipinski definition) is 4. The highest BCUT2D eigenvalue weighted by Gasteiger charge is 2.18. The number of amides is 1. The fraction of sp³-hybridized carbons (Fsp3) is 0.263. The van der Waals surface area contributed by atoms with Gasteiger partial charge >= 0.3 is 5.97 Å². The van der Waals surface area contributed by atoms with Gasteiger partial charge in [0, 0.05) is 5.69 Å². The van der Waals surface area contributed by atoms with E-state index >= 15 is 0 Å². The number of aryl methyl sites for hydroxylation is 1. The number of benzene rings is 2. The third-order valence-corrected chi connectivity index (χ3v) is 3.50. The van der Waals surface area contributed by atoms with Crippen LogP contribution in [0.3, 0.4) is 0 Å². The Kier molecular flexibility index (Phi) is 5.95. The summed E-state index contributed by atoms with van der Waals surface area (Å²) in [7, 11) is 1.57. The Morgan fingerprint density at radius 3 is 2.25 bits per heavy atom. The second-order valence-electron chi connectivity index (χ2n) is 5.51. The van der Waals surface area contributed by atoms with Gasteiger partial charge in [-0.05, 0) is 43.7 Å². The zero-order valence-corrected chi connectivity index (χ0v) is 14.0. The number of ether oxygens (including phenoxy) is 2. The molecular formula is C19H21NO4. The van der Waals surface area contributed by atoms with E-state index in [2.05, 4.69) is 5.32 Å². The van der Waals surface area contributed by atoms with Crippen LogP contribution in [0.4, 0.5) is 5.69 Å². The van der Waals surface area contributed by atoms with Crippen LogP contribution in [0.15, 0.2) is 48.5 Å². The van der Waals surface area contributed by atoms with Crippen LogP contribution in [0.25, 0.3) is 0 Å². The quantitative estimate of drug-likeness (QED) is 0.828. The largest absolute Gasteiger partial charge is 0.497 e. The predicted molar refractivity (Wildman–Crippen MR) is 92.1 cm³/mol. The van der Waals surface area contributed by atoms with E-state index in [1.807, 2.05) is 31.2 Å². The van der Waals surface area contributed by atoms with Gasteiger partial charge in [0.05, 0.1) is 13.5 Å². The van der Waals surface area contributed by atoms with Crippen molar-refractivity contribution in [3.8, 4) is 5.75 Å². The van der Waals surface area contributed by atoms with Crippen LogP contribution in [0.5, 0.6) is 5.75 Å². The zero-order valence-electron chi connectivity index (χ0n) is 14.0. The molecule has 5 nitrogen and oxygen atoms in total. The van der Waals surface area contributed by atoms with Gasteiger partial charge in [-0.3, -0.25) is 9.59 Å². The molecule has 2 aromatic carbocycles. The number of rotatable bonds is 6. The summed E-state index contributed by atoms with van der Waals surface area (Å²) in [5.74, 6) is -0.112. The van der Waals surface area contributed by atoms with E-state index in [1.54, 1.807) is 38.3 Å². The summed E-state index contributed by atoms with van der Waals surface area (Å²) in [5.41, 5.74) is 2.59. The molecule has 0 aliphatic rings. The third-order valence-electron chi connectivity index (χ3n) is 3.50. The lowest BCUT2D eigenvalue weighted by Crippen LogP contribution is -2.30. The van der Waals surface area contributed by atoms with Crippen molar-refractivity contribution >= 4 is 17.6 Å². The smallest absolute Gasteiger partial charge is 0.311 e. The lowest BCUT2D eigenvalue weighted by atomic mass is 10.1. The van der Waals surface area contributed by atoms with E-state index in [0.717, 1.165) is 11.1 Å². The monoisotopic (exact) mass is 327 g/mol. The summed E-state index contributed by atoms with van der Waals surface area (Å²) in [6.45, 7) is 3.53. The van der Waals surface area contributed by atoms with Gasteiger partial charge in [0.1, 0.15) is 5.75 Å². The topological polar surface area (TPSA) is 64.6 Å². The Hall–Kier alpha value is -2.82. The van der Waals surface area contributed by atoms with Gasteiger partial charge < -0.3 is 14.8 Å². The van der Waals surface area contributed by atoms with Crippen LogP contribution in [0.2, 0.25) is 0 Å². The van der Waals surface area contributed by atoms with E-state index in [0.29, 0.717) is 11.4 Å². The van der Waals surface area contributed by atoms with Crippen LogP contribution < -0.4 is 10.1 Å². The van der Waals surface area contributed by atoms with Crippen molar-refractivity contribution in [2.24, 2.45) is 0 Å². The summed E-state index contributed by atoms with van der Waals surface area (Å²) in [6, 6.07) is 14.5. The molecule has 0 radical (unpaired) electrons. The second-order valence-corrected chi connectivity index (χ2v) is 5.51. The van der Waals surface area contributed by atoms with E-state index in [-0.39, 0.29) is 12.3 Å². The number of nitrogens with one attached hydrogen (secondary N) is 1. The Balaban J connectivity index is 1.85. The minimum Gasteiger partial charge on any atom is -0.497 e. The Morgan fingerprint density at radius 2 is 1.67 bits per heavy atom. The van der Waals surface area contributed by atoms with Crippen molar-refractivity contribution in [3.63, 3.8) is 0 Å². The zero-order chi connectivity index (χ0) is 17.5. The average molecular weight is 327 g/mol. The molecule has 0 aromatic heterocycles. The minimum atomic E-state index is -0.870. The molecule has 0 aliphatic heterocycles. The fourth-order valence-corrected chi connectivity index (χ4v) is 2.08. The second kappa shape index (κ2) is 8.15. The van der Waals surface area contributed by atoms with Crippen molar-refractivity contribution < 1.29 is 19.1 Å². The highest BCUT2D eigenvalue weighted by atomic mass is 16.5. The van der Waals surface area contributed by atoms with Crippen LogP contribution in [0.1, 0.15) is 18.1 Å². The molecule has 0 saturated carbocycles. The molecule has 1 atom stereocenters. The molecule has 24 heavy (non-hydrogen) atoms. The van der Waals surface area contributed by atoms with Gasteiger partial charge in [-0.15, -0.1) is 0 Å². The molecule has 1 N–H and O–H groups in total. The SMILES string of the molecule is COc1ccc(NC(=O)[C@H](C)OC(=O)Cc2ccc(C)cc2)cc1. The van der Waals surface area contributed by atoms with E-state index < -0.39 is 12.1 Å². The van der Waals surface area contributed by atoms with Crippen molar-refractivity contribution in [1.82, 2.24) is 0 Å². The molecule has 1 amide bonds. The number of hydrogen-bond donors (Lipinski definition) is 1. The molecule has 0 unspecified atom stereocenters. The molecule has 0 spiro atoms. The van der Waals surface area contributed by atoms with Crippen molar-refractivity contribution in [1.29, 1.82) is 0 Å². The van der Waals surface area contributed by atoms with E-state index in [4.69, 9.17) is 9.47 Å². The van der Waals surface area contributed by atoms with Crippen molar-refractivity contribution in [2.75, 3.05) is 12.4 Å². The first kappa shape index (κ1) is 17.5. The minimum absolute atomic E-state index is 0.139. The maximum Gasteiger partial charge on any atom is 0.311 e. The number of esters is 1.